The van der Waals surface area contributed by atoms with E-state index in [4.69, 9.17) is 23.2 Å². The monoisotopic (exact) mass is 541 g/mol. The van der Waals surface area contributed by atoms with Gasteiger partial charge in [-0.2, -0.15) is 0 Å². The van der Waals surface area contributed by atoms with Crippen molar-refractivity contribution in [1.29, 1.82) is 0 Å². The number of hydrogen-bond acceptors (Lipinski definition) is 4. The molecule has 0 saturated heterocycles. The third kappa shape index (κ3) is 7.85. The molecule has 0 aliphatic rings. The number of hydrogen-bond donors (Lipinski definition) is 1. The fraction of sp³-hybridized carbons (Fsp3) is 0.440. The third-order valence-corrected chi connectivity index (χ3v) is 7.27. The molecule has 2 amide bonds. The highest BCUT2D eigenvalue weighted by molar-refractivity contribution is 7.92. The van der Waals surface area contributed by atoms with Crippen LogP contribution in [0.3, 0.4) is 0 Å². The maximum atomic E-state index is 13.7. The molecule has 0 aliphatic heterocycles. The number of anilines is 1. The number of nitrogens with zero attached hydrogens (tertiary/aromatic N) is 2. The van der Waals surface area contributed by atoms with Crippen molar-refractivity contribution in [2.24, 2.45) is 0 Å². The van der Waals surface area contributed by atoms with Crippen molar-refractivity contribution in [2.45, 2.75) is 59.2 Å². The summed E-state index contributed by atoms with van der Waals surface area (Å²) in [5.41, 5.74) is 0.968. The first kappa shape index (κ1) is 28.9. The quantitative estimate of drug-likeness (QED) is 0.494. The zero-order valence-corrected chi connectivity index (χ0v) is 23.3. The molecule has 0 saturated carbocycles. The van der Waals surface area contributed by atoms with Gasteiger partial charge < -0.3 is 10.2 Å². The van der Waals surface area contributed by atoms with Gasteiger partial charge in [-0.1, -0.05) is 54.4 Å². The van der Waals surface area contributed by atoms with Crippen LogP contribution >= 0.6 is 23.2 Å². The molecule has 0 fully saturated rings. The van der Waals surface area contributed by atoms with Crippen molar-refractivity contribution in [3.05, 3.63) is 63.6 Å². The van der Waals surface area contributed by atoms with Gasteiger partial charge in [-0.3, -0.25) is 13.9 Å². The molecule has 192 valence electrons. The Morgan fingerprint density at radius 3 is 2.17 bits per heavy atom. The molecule has 1 N–H and O–H groups in total. The van der Waals surface area contributed by atoms with E-state index in [0.29, 0.717) is 33.3 Å². The van der Waals surface area contributed by atoms with Crippen LogP contribution in [0.4, 0.5) is 5.69 Å². The van der Waals surface area contributed by atoms with Gasteiger partial charge in [0.25, 0.3) is 0 Å². The minimum absolute atomic E-state index is 0.0424. The molecule has 1 atom stereocenters. The van der Waals surface area contributed by atoms with E-state index >= 15 is 0 Å². The first-order valence-electron chi connectivity index (χ1n) is 11.2. The second-order valence-corrected chi connectivity index (χ2v) is 12.2. The van der Waals surface area contributed by atoms with Gasteiger partial charge in [-0.05, 0) is 63.4 Å². The summed E-state index contributed by atoms with van der Waals surface area (Å²) in [5.74, 6) is -0.865. The molecule has 2 aromatic carbocycles. The lowest BCUT2D eigenvalue weighted by Gasteiger charge is -2.35. The average molecular weight is 543 g/mol. The molecule has 35 heavy (non-hydrogen) atoms. The van der Waals surface area contributed by atoms with E-state index in [0.717, 1.165) is 10.6 Å². The summed E-state index contributed by atoms with van der Waals surface area (Å²) in [5, 5.41) is 3.75. The normalized spacial score (nSPS) is 12.7. The fourth-order valence-electron chi connectivity index (χ4n) is 3.64. The molecule has 0 aliphatic carbocycles. The Balaban J connectivity index is 2.52. The van der Waals surface area contributed by atoms with E-state index in [1.807, 2.05) is 20.8 Å². The summed E-state index contributed by atoms with van der Waals surface area (Å²) in [6, 6.07) is 11.1. The van der Waals surface area contributed by atoms with Crippen LogP contribution in [0.15, 0.2) is 42.5 Å². The van der Waals surface area contributed by atoms with Gasteiger partial charge in [0.2, 0.25) is 21.8 Å². The highest BCUT2D eigenvalue weighted by atomic mass is 35.5. The van der Waals surface area contributed by atoms with Crippen LogP contribution in [0.25, 0.3) is 0 Å². The van der Waals surface area contributed by atoms with Crippen LogP contribution in [-0.4, -0.2) is 49.5 Å². The van der Waals surface area contributed by atoms with Gasteiger partial charge in [-0.15, -0.1) is 0 Å². The number of carbonyl (C=O) groups is 2. The second-order valence-electron chi connectivity index (χ2n) is 9.43. The van der Waals surface area contributed by atoms with Crippen LogP contribution in [0.2, 0.25) is 10.0 Å². The van der Waals surface area contributed by atoms with Gasteiger partial charge in [-0.25, -0.2) is 8.42 Å². The van der Waals surface area contributed by atoms with Gasteiger partial charge in [0.1, 0.15) is 12.6 Å². The lowest BCUT2D eigenvalue weighted by molar-refractivity contribution is -0.141. The van der Waals surface area contributed by atoms with Gasteiger partial charge in [0.15, 0.2) is 0 Å². The van der Waals surface area contributed by atoms with E-state index in [9.17, 15) is 18.0 Å². The lowest BCUT2D eigenvalue weighted by Crippen LogP contribution is -2.55. The number of sulfonamides is 1. The second kappa shape index (κ2) is 11.6. The lowest BCUT2D eigenvalue weighted by atomic mass is 10.1. The van der Waals surface area contributed by atoms with E-state index in [-0.39, 0.29) is 12.5 Å². The molecule has 0 heterocycles. The Hall–Kier alpha value is -2.29. The zero-order chi connectivity index (χ0) is 26.6. The van der Waals surface area contributed by atoms with Gasteiger partial charge >= 0.3 is 0 Å². The number of benzene rings is 2. The smallest absolute Gasteiger partial charge is 0.244 e. The average Bonchev–Trinajstić information content (AvgIpc) is 2.73. The molecular formula is C25H33Cl2N3O4S. The topological polar surface area (TPSA) is 86.8 Å². The molecule has 2 rings (SSSR count). The predicted octanol–water partition coefficient (Wildman–Crippen LogP) is 4.79. The van der Waals surface area contributed by atoms with Crippen LogP contribution in [0, 0.1) is 6.92 Å². The number of rotatable bonds is 9. The highest BCUT2D eigenvalue weighted by Gasteiger charge is 2.33. The van der Waals surface area contributed by atoms with E-state index in [1.54, 1.807) is 56.3 Å². The molecule has 2 aromatic rings. The summed E-state index contributed by atoms with van der Waals surface area (Å²) in [6.45, 7) is 8.59. The Morgan fingerprint density at radius 2 is 1.63 bits per heavy atom. The minimum Gasteiger partial charge on any atom is -0.350 e. The van der Waals surface area contributed by atoms with Gasteiger partial charge in [0, 0.05) is 22.1 Å². The van der Waals surface area contributed by atoms with Crippen LogP contribution in [0.5, 0.6) is 0 Å². The summed E-state index contributed by atoms with van der Waals surface area (Å²) in [4.78, 5) is 28.3. The molecule has 0 bridgehead atoms. The number of amides is 2. The third-order valence-electron chi connectivity index (χ3n) is 5.37. The molecule has 0 aromatic heterocycles. The van der Waals surface area contributed by atoms with Crippen LogP contribution in [-0.2, 0) is 26.2 Å². The number of carbonyl (C=O) groups excluding carboxylic acids is 2. The van der Waals surface area contributed by atoms with Crippen molar-refractivity contribution in [3.63, 3.8) is 0 Å². The summed E-state index contributed by atoms with van der Waals surface area (Å²) in [6.07, 6.45) is 1.36. The van der Waals surface area contributed by atoms with E-state index < -0.39 is 34.1 Å². The predicted molar refractivity (Wildman–Crippen MR) is 142 cm³/mol. The van der Waals surface area contributed by atoms with Crippen molar-refractivity contribution < 1.29 is 18.0 Å². The maximum absolute atomic E-state index is 13.7. The first-order valence-corrected chi connectivity index (χ1v) is 13.8. The summed E-state index contributed by atoms with van der Waals surface area (Å²) >= 11 is 12.6. The SMILES string of the molecule is CCC(C(=O)NC(C)(C)C)N(Cc1ccccc1Cl)C(=O)CN(c1cccc(Cl)c1C)S(C)(=O)=O. The molecule has 1 unspecified atom stereocenters. The van der Waals surface area contributed by atoms with Crippen LogP contribution in [0.1, 0.15) is 45.2 Å². The van der Waals surface area contributed by atoms with Crippen molar-refractivity contribution in [2.75, 3.05) is 17.1 Å². The Labute approximate surface area is 218 Å². The number of nitrogens with one attached hydrogen (secondary N) is 1. The molecular weight excluding hydrogens is 509 g/mol. The highest BCUT2D eigenvalue weighted by Crippen LogP contribution is 2.29. The first-order chi connectivity index (χ1) is 16.2. The summed E-state index contributed by atoms with van der Waals surface area (Å²) < 4.78 is 26.5. The minimum atomic E-state index is -3.85. The molecule has 0 radical (unpaired) electrons. The molecule has 0 spiro atoms. The van der Waals surface area contributed by atoms with Gasteiger partial charge in [0.05, 0.1) is 11.9 Å². The largest absolute Gasteiger partial charge is 0.350 e. The molecule has 7 nitrogen and oxygen atoms in total. The van der Waals surface area contributed by atoms with Crippen molar-refractivity contribution >= 4 is 50.7 Å². The Bertz CT molecular complexity index is 1180. The van der Waals surface area contributed by atoms with Crippen molar-refractivity contribution in [3.8, 4) is 0 Å². The van der Waals surface area contributed by atoms with E-state index in [2.05, 4.69) is 5.32 Å². The Kier molecular flexibility index (Phi) is 9.62. The standard InChI is InChI=1S/C25H33Cl2N3O4S/c1-7-21(24(32)28-25(3,4)5)29(15-18-11-8-9-12-20(18)27)23(31)16-30(35(6,33)34)22-14-10-13-19(26)17(22)2/h8-14,21H,7,15-16H2,1-6H3,(H,28,32). The number of halogens is 2. The fourth-order valence-corrected chi connectivity index (χ4v) is 4.91. The molecule has 10 heteroatoms. The zero-order valence-electron chi connectivity index (χ0n) is 20.9. The van der Waals surface area contributed by atoms with E-state index in [1.165, 1.54) is 4.90 Å². The van der Waals surface area contributed by atoms with Crippen LogP contribution < -0.4 is 9.62 Å². The maximum Gasteiger partial charge on any atom is 0.244 e. The summed E-state index contributed by atoms with van der Waals surface area (Å²) in [7, 11) is -3.85. The van der Waals surface area contributed by atoms with Crippen molar-refractivity contribution in [1.82, 2.24) is 10.2 Å². The Morgan fingerprint density at radius 1 is 1.03 bits per heavy atom.